The maximum Gasteiger partial charge on any atom is 0.315 e. The maximum atomic E-state index is 12.8. The van der Waals surface area contributed by atoms with E-state index in [4.69, 9.17) is 9.47 Å². The van der Waals surface area contributed by atoms with Crippen LogP contribution in [0, 0.1) is 5.82 Å². The molecule has 2 amide bonds. The fraction of sp³-hybridized carbons (Fsp3) is 0.294. The number of aromatic nitrogens is 1. The highest BCUT2D eigenvalue weighted by molar-refractivity contribution is 5.73. The zero-order valence-electron chi connectivity index (χ0n) is 13.4. The molecule has 1 aromatic carbocycles. The first-order chi connectivity index (χ1) is 11.7. The van der Waals surface area contributed by atoms with Gasteiger partial charge in [-0.05, 0) is 36.2 Å². The van der Waals surface area contributed by atoms with Crippen LogP contribution in [0.3, 0.4) is 0 Å². The van der Waals surface area contributed by atoms with Crippen LogP contribution in [0.25, 0.3) is 0 Å². The van der Waals surface area contributed by atoms with Crippen LogP contribution in [-0.4, -0.2) is 31.3 Å². The molecule has 2 rings (SSSR count). The Kier molecular flexibility index (Phi) is 6.97. The number of ether oxygens (including phenoxy) is 2. The SMILES string of the molecule is COCCCNC(=O)NCc1ccc(Oc2ccc(F)cc2)nc1. The van der Waals surface area contributed by atoms with Crippen molar-refractivity contribution in [2.45, 2.75) is 13.0 Å². The Morgan fingerprint density at radius 1 is 1.17 bits per heavy atom. The van der Waals surface area contributed by atoms with Crippen molar-refractivity contribution in [1.29, 1.82) is 0 Å². The molecule has 7 heteroatoms. The van der Waals surface area contributed by atoms with E-state index in [0.29, 0.717) is 31.3 Å². The van der Waals surface area contributed by atoms with E-state index in [1.165, 1.54) is 24.3 Å². The van der Waals surface area contributed by atoms with Gasteiger partial charge in [0.1, 0.15) is 11.6 Å². The summed E-state index contributed by atoms with van der Waals surface area (Å²) in [6.07, 6.45) is 2.38. The monoisotopic (exact) mass is 333 g/mol. The topological polar surface area (TPSA) is 72.5 Å². The van der Waals surface area contributed by atoms with Crippen molar-refractivity contribution >= 4 is 6.03 Å². The molecule has 6 nitrogen and oxygen atoms in total. The smallest absolute Gasteiger partial charge is 0.315 e. The lowest BCUT2D eigenvalue weighted by Crippen LogP contribution is -2.35. The lowest BCUT2D eigenvalue weighted by Gasteiger charge is -2.08. The standard InChI is InChI=1S/C17H20FN3O3/c1-23-10-2-9-19-17(22)21-12-13-3-8-16(20-11-13)24-15-6-4-14(18)5-7-15/h3-8,11H,2,9-10,12H2,1H3,(H2,19,21,22). The molecule has 128 valence electrons. The molecule has 24 heavy (non-hydrogen) atoms. The predicted octanol–water partition coefficient (Wildman–Crippen LogP) is 2.85. The molecule has 0 bridgehead atoms. The van der Waals surface area contributed by atoms with Crippen LogP contribution in [0.2, 0.25) is 0 Å². The van der Waals surface area contributed by atoms with E-state index in [9.17, 15) is 9.18 Å². The van der Waals surface area contributed by atoms with Crippen molar-refractivity contribution in [1.82, 2.24) is 15.6 Å². The largest absolute Gasteiger partial charge is 0.439 e. The fourth-order valence-corrected chi connectivity index (χ4v) is 1.86. The number of halogens is 1. The van der Waals surface area contributed by atoms with Gasteiger partial charge in [-0.2, -0.15) is 0 Å². The third-order valence-electron chi connectivity index (χ3n) is 3.10. The normalized spacial score (nSPS) is 10.2. The van der Waals surface area contributed by atoms with Gasteiger partial charge in [0.2, 0.25) is 5.88 Å². The number of rotatable bonds is 8. The first-order valence-corrected chi connectivity index (χ1v) is 7.56. The predicted molar refractivity (Wildman–Crippen MR) is 87.4 cm³/mol. The average Bonchev–Trinajstić information content (AvgIpc) is 2.60. The zero-order chi connectivity index (χ0) is 17.2. The summed E-state index contributed by atoms with van der Waals surface area (Å²) < 4.78 is 23.2. The summed E-state index contributed by atoms with van der Waals surface area (Å²) in [6, 6.07) is 8.95. The lowest BCUT2D eigenvalue weighted by atomic mass is 10.3. The van der Waals surface area contributed by atoms with Crippen molar-refractivity contribution in [3.8, 4) is 11.6 Å². The van der Waals surface area contributed by atoms with Gasteiger partial charge in [0, 0.05) is 39.1 Å². The summed E-state index contributed by atoms with van der Waals surface area (Å²) in [5, 5.41) is 5.47. The van der Waals surface area contributed by atoms with E-state index in [1.54, 1.807) is 25.4 Å². The highest BCUT2D eigenvalue weighted by atomic mass is 19.1. The Morgan fingerprint density at radius 2 is 1.96 bits per heavy atom. The number of urea groups is 1. The molecule has 0 atom stereocenters. The molecular formula is C17H20FN3O3. The molecule has 0 aliphatic rings. The summed E-state index contributed by atoms with van der Waals surface area (Å²) in [6.45, 7) is 1.53. The number of carbonyl (C=O) groups is 1. The van der Waals surface area contributed by atoms with Gasteiger partial charge in [0.05, 0.1) is 0 Å². The number of nitrogens with one attached hydrogen (secondary N) is 2. The van der Waals surface area contributed by atoms with Crippen LogP contribution in [0.4, 0.5) is 9.18 Å². The Bertz CT molecular complexity index is 633. The third kappa shape index (κ3) is 6.21. The van der Waals surface area contributed by atoms with Crippen molar-refractivity contribution < 1.29 is 18.7 Å². The zero-order valence-corrected chi connectivity index (χ0v) is 13.4. The van der Waals surface area contributed by atoms with Crippen molar-refractivity contribution in [3.63, 3.8) is 0 Å². The van der Waals surface area contributed by atoms with Crippen LogP contribution in [0.1, 0.15) is 12.0 Å². The highest BCUT2D eigenvalue weighted by Gasteiger charge is 2.02. The number of nitrogens with zero attached hydrogens (tertiary/aromatic N) is 1. The second-order valence-electron chi connectivity index (χ2n) is 5.02. The van der Waals surface area contributed by atoms with Crippen LogP contribution >= 0.6 is 0 Å². The van der Waals surface area contributed by atoms with E-state index < -0.39 is 0 Å². The minimum absolute atomic E-state index is 0.238. The van der Waals surface area contributed by atoms with Crippen molar-refractivity contribution in [2.24, 2.45) is 0 Å². The molecule has 0 spiro atoms. The van der Waals surface area contributed by atoms with E-state index >= 15 is 0 Å². The van der Waals surface area contributed by atoms with Crippen LogP contribution < -0.4 is 15.4 Å². The molecular weight excluding hydrogens is 313 g/mol. The number of hydrogen-bond donors (Lipinski definition) is 2. The van der Waals surface area contributed by atoms with Gasteiger partial charge in [-0.25, -0.2) is 14.2 Å². The Labute approximate surface area is 140 Å². The van der Waals surface area contributed by atoms with E-state index in [2.05, 4.69) is 15.6 Å². The van der Waals surface area contributed by atoms with Gasteiger partial charge in [-0.15, -0.1) is 0 Å². The molecule has 2 N–H and O–H groups in total. The van der Waals surface area contributed by atoms with Gasteiger partial charge >= 0.3 is 6.03 Å². The van der Waals surface area contributed by atoms with Crippen LogP contribution in [0.15, 0.2) is 42.6 Å². The highest BCUT2D eigenvalue weighted by Crippen LogP contribution is 2.19. The Morgan fingerprint density at radius 3 is 2.62 bits per heavy atom. The molecule has 1 aromatic heterocycles. The van der Waals surface area contributed by atoms with Gasteiger partial charge in [-0.3, -0.25) is 0 Å². The van der Waals surface area contributed by atoms with E-state index in [0.717, 1.165) is 12.0 Å². The van der Waals surface area contributed by atoms with Crippen LogP contribution in [0.5, 0.6) is 11.6 Å². The molecule has 0 saturated carbocycles. The number of pyridine rings is 1. The first-order valence-electron chi connectivity index (χ1n) is 7.56. The summed E-state index contributed by atoms with van der Waals surface area (Å²) >= 11 is 0. The molecule has 0 unspecified atom stereocenters. The summed E-state index contributed by atoms with van der Waals surface area (Å²) in [4.78, 5) is 15.7. The number of benzene rings is 1. The van der Waals surface area contributed by atoms with Gasteiger partial charge in [0.15, 0.2) is 0 Å². The fourth-order valence-electron chi connectivity index (χ4n) is 1.86. The van der Waals surface area contributed by atoms with Crippen molar-refractivity contribution in [2.75, 3.05) is 20.3 Å². The minimum atomic E-state index is -0.322. The van der Waals surface area contributed by atoms with Crippen LogP contribution in [-0.2, 0) is 11.3 Å². The summed E-state index contributed by atoms with van der Waals surface area (Å²) in [5.41, 5.74) is 0.841. The summed E-state index contributed by atoms with van der Waals surface area (Å²) in [5.74, 6) is 0.580. The number of amides is 2. The number of methoxy groups -OCH3 is 1. The van der Waals surface area contributed by atoms with Gasteiger partial charge in [0.25, 0.3) is 0 Å². The Hall–Kier alpha value is -2.67. The molecule has 2 aromatic rings. The molecule has 0 aliphatic heterocycles. The molecule has 1 heterocycles. The first kappa shape index (κ1) is 17.7. The van der Waals surface area contributed by atoms with E-state index in [-0.39, 0.29) is 11.8 Å². The number of carbonyl (C=O) groups excluding carboxylic acids is 1. The van der Waals surface area contributed by atoms with Gasteiger partial charge < -0.3 is 20.1 Å². The quantitative estimate of drug-likeness (QED) is 0.729. The average molecular weight is 333 g/mol. The van der Waals surface area contributed by atoms with Crippen molar-refractivity contribution in [3.05, 3.63) is 54.0 Å². The molecule has 0 fully saturated rings. The maximum absolute atomic E-state index is 12.8. The van der Waals surface area contributed by atoms with Gasteiger partial charge in [-0.1, -0.05) is 6.07 Å². The minimum Gasteiger partial charge on any atom is -0.439 e. The lowest BCUT2D eigenvalue weighted by molar-refractivity contribution is 0.193. The Balaban J connectivity index is 1.75. The number of hydrogen-bond acceptors (Lipinski definition) is 4. The van der Waals surface area contributed by atoms with E-state index in [1.807, 2.05) is 0 Å². The second kappa shape index (κ2) is 9.46. The summed E-state index contributed by atoms with van der Waals surface area (Å²) in [7, 11) is 1.62. The molecule has 0 saturated heterocycles. The molecule has 0 aliphatic carbocycles. The molecule has 0 radical (unpaired) electrons. The third-order valence-corrected chi connectivity index (χ3v) is 3.10. The second-order valence-corrected chi connectivity index (χ2v) is 5.02.